The molecule has 0 atom stereocenters. The minimum absolute atomic E-state index is 0.0852. The Bertz CT molecular complexity index is 415. The number of nitrogens with zero attached hydrogens (tertiary/aromatic N) is 1. The van der Waals surface area contributed by atoms with Crippen molar-refractivity contribution in [3.8, 4) is 5.75 Å². The predicted octanol–water partition coefficient (Wildman–Crippen LogP) is 0.952. The fourth-order valence-electron chi connectivity index (χ4n) is 1.33. The summed E-state index contributed by atoms with van der Waals surface area (Å²) in [6.07, 6.45) is 0.305. The number of nitrogens with one attached hydrogen (secondary N) is 1. The van der Waals surface area contributed by atoms with Crippen LogP contribution in [0.25, 0.3) is 0 Å². The van der Waals surface area contributed by atoms with Gasteiger partial charge in [-0.2, -0.15) is 0 Å². The Morgan fingerprint density at radius 3 is 2.67 bits per heavy atom. The van der Waals surface area contributed by atoms with Crippen LogP contribution < -0.4 is 15.8 Å². The molecule has 0 radical (unpaired) electrons. The van der Waals surface area contributed by atoms with Crippen molar-refractivity contribution in [2.24, 2.45) is 10.9 Å². The van der Waals surface area contributed by atoms with E-state index in [2.05, 4.69) is 10.5 Å². The van der Waals surface area contributed by atoms with Crippen molar-refractivity contribution in [2.75, 3.05) is 13.2 Å². The van der Waals surface area contributed by atoms with Crippen LogP contribution in [0, 0.1) is 0 Å². The second-order valence-corrected chi connectivity index (χ2v) is 3.55. The van der Waals surface area contributed by atoms with E-state index in [4.69, 9.17) is 15.7 Å². The fourth-order valence-corrected chi connectivity index (χ4v) is 1.33. The number of ether oxygens (including phenoxy) is 1. The molecule has 1 aromatic rings. The van der Waals surface area contributed by atoms with Crippen LogP contribution in [-0.4, -0.2) is 30.1 Å². The van der Waals surface area contributed by atoms with Gasteiger partial charge in [-0.25, -0.2) is 0 Å². The number of amides is 1. The highest BCUT2D eigenvalue weighted by Crippen LogP contribution is 2.11. The largest absolute Gasteiger partial charge is 0.494 e. The first-order valence-electron chi connectivity index (χ1n) is 5.64. The average Bonchev–Trinajstić information content (AvgIpc) is 2.39. The highest BCUT2D eigenvalue weighted by Gasteiger charge is 2.05. The second kappa shape index (κ2) is 7.16. The van der Waals surface area contributed by atoms with Gasteiger partial charge >= 0.3 is 0 Å². The van der Waals surface area contributed by atoms with E-state index >= 15 is 0 Å². The number of nitrogens with two attached hydrogens (primary N) is 1. The fraction of sp³-hybridized carbons (Fsp3) is 0.333. The molecular weight excluding hydrogens is 234 g/mol. The van der Waals surface area contributed by atoms with Crippen molar-refractivity contribution in [3.63, 3.8) is 0 Å². The van der Waals surface area contributed by atoms with Gasteiger partial charge in [0.1, 0.15) is 11.6 Å². The van der Waals surface area contributed by atoms with E-state index in [0.29, 0.717) is 25.1 Å². The molecule has 6 heteroatoms. The molecule has 0 saturated heterocycles. The van der Waals surface area contributed by atoms with Crippen LogP contribution in [0.4, 0.5) is 0 Å². The Kier molecular flexibility index (Phi) is 5.50. The van der Waals surface area contributed by atoms with E-state index in [1.54, 1.807) is 24.3 Å². The van der Waals surface area contributed by atoms with E-state index in [-0.39, 0.29) is 11.7 Å². The highest BCUT2D eigenvalue weighted by molar-refractivity contribution is 5.94. The third-order valence-electron chi connectivity index (χ3n) is 2.22. The lowest BCUT2D eigenvalue weighted by Crippen LogP contribution is -2.27. The van der Waals surface area contributed by atoms with Gasteiger partial charge in [-0.05, 0) is 31.2 Å². The van der Waals surface area contributed by atoms with E-state index in [0.717, 1.165) is 5.75 Å². The van der Waals surface area contributed by atoms with Crippen molar-refractivity contribution in [2.45, 2.75) is 13.3 Å². The van der Waals surface area contributed by atoms with Crippen LogP contribution in [-0.2, 0) is 0 Å². The average molecular weight is 251 g/mol. The summed E-state index contributed by atoms with van der Waals surface area (Å²) < 4.78 is 5.28. The van der Waals surface area contributed by atoms with E-state index < -0.39 is 0 Å². The SMILES string of the molecule is CCOc1ccc(C(=O)NCCC(N)=NO)cc1. The third-order valence-corrected chi connectivity index (χ3v) is 2.22. The molecule has 0 aliphatic carbocycles. The van der Waals surface area contributed by atoms with Gasteiger partial charge in [-0.15, -0.1) is 0 Å². The molecule has 1 rings (SSSR count). The number of carbonyl (C=O) groups excluding carboxylic acids is 1. The Hall–Kier alpha value is -2.24. The summed E-state index contributed by atoms with van der Waals surface area (Å²) >= 11 is 0. The molecule has 0 heterocycles. The zero-order valence-corrected chi connectivity index (χ0v) is 10.2. The number of hydrogen-bond acceptors (Lipinski definition) is 4. The smallest absolute Gasteiger partial charge is 0.251 e. The Morgan fingerprint density at radius 2 is 2.11 bits per heavy atom. The number of carbonyl (C=O) groups is 1. The first-order chi connectivity index (χ1) is 8.67. The molecule has 1 aromatic carbocycles. The van der Waals surface area contributed by atoms with Crippen molar-refractivity contribution in [1.82, 2.24) is 5.32 Å². The van der Waals surface area contributed by atoms with Crippen LogP contribution in [0.1, 0.15) is 23.7 Å². The summed E-state index contributed by atoms with van der Waals surface area (Å²) in [5, 5.41) is 13.8. The normalized spacial score (nSPS) is 11.1. The molecule has 0 bridgehead atoms. The Morgan fingerprint density at radius 1 is 1.44 bits per heavy atom. The van der Waals surface area contributed by atoms with Gasteiger partial charge in [0.2, 0.25) is 0 Å². The molecule has 0 unspecified atom stereocenters. The molecule has 6 nitrogen and oxygen atoms in total. The first kappa shape index (κ1) is 13.8. The van der Waals surface area contributed by atoms with Crippen molar-refractivity contribution in [1.29, 1.82) is 0 Å². The molecule has 0 fully saturated rings. The number of rotatable bonds is 6. The van der Waals surface area contributed by atoms with Crippen molar-refractivity contribution in [3.05, 3.63) is 29.8 Å². The van der Waals surface area contributed by atoms with Gasteiger partial charge in [-0.3, -0.25) is 4.79 Å². The maximum atomic E-state index is 11.7. The van der Waals surface area contributed by atoms with Gasteiger partial charge in [-0.1, -0.05) is 5.16 Å². The van der Waals surface area contributed by atoms with Gasteiger partial charge in [0, 0.05) is 18.5 Å². The van der Waals surface area contributed by atoms with Crippen LogP contribution in [0.3, 0.4) is 0 Å². The number of oxime groups is 1. The third kappa shape index (κ3) is 4.32. The quantitative estimate of drug-likeness (QED) is 0.303. The number of benzene rings is 1. The molecular formula is C12H17N3O3. The van der Waals surface area contributed by atoms with Crippen molar-refractivity contribution < 1.29 is 14.7 Å². The predicted molar refractivity (Wildman–Crippen MR) is 68.0 cm³/mol. The summed E-state index contributed by atoms with van der Waals surface area (Å²) in [7, 11) is 0. The molecule has 4 N–H and O–H groups in total. The van der Waals surface area contributed by atoms with E-state index in [9.17, 15) is 4.79 Å². The summed E-state index contributed by atoms with van der Waals surface area (Å²) in [5.74, 6) is 0.608. The number of hydrogen-bond donors (Lipinski definition) is 3. The topological polar surface area (TPSA) is 96.9 Å². The maximum Gasteiger partial charge on any atom is 0.251 e. The minimum atomic E-state index is -0.205. The van der Waals surface area contributed by atoms with Gasteiger partial charge < -0.3 is 21.0 Å². The molecule has 0 saturated carbocycles. The Labute approximate surface area is 105 Å². The van der Waals surface area contributed by atoms with Gasteiger partial charge in [0.15, 0.2) is 0 Å². The lowest BCUT2D eigenvalue weighted by molar-refractivity contribution is 0.0954. The van der Waals surface area contributed by atoms with Crippen molar-refractivity contribution >= 4 is 11.7 Å². The van der Waals surface area contributed by atoms with E-state index in [1.807, 2.05) is 6.92 Å². The maximum absolute atomic E-state index is 11.7. The van der Waals surface area contributed by atoms with Crippen LogP contribution in [0.2, 0.25) is 0 Å². The molecule has 98 valence electrons. The summed E-state index contributed by atoms with van der Waals surface area (Å²) in [6.45, 7) is 2.81. The second-order valence-electron chi connectivity index (χ2n) is 3.55. The zero-order valence-electron chi connectivity index (χ0n) is 10.2. The minimum Gasteiger partial charge on any atom is -0.494 e. The first-order valence-corrected chi connectivity index (χ1v) is 5.64. The zero-order chi connectivity index (χ0) is 13.4. The molecule has 0 aromatic heterocycles. The lowest BCUT2D eigenvalue weighted by Gasteiger charge is -2.06. The Balaban J connectivity index is 2.46. The molecule has 0 aliphatic heterocycles. The van der Waals surface area contributed by atoms with E-state index in [1.165, 1.54) is 0 Å². The lowest BCUT2D eigenvalue weighted by atomic mass is 10.2. The molecule has 18 heavy (non-hydrogen) atoms. The van der Waals surface area contributed by atoms with Gasteiger partial charge in [0.05, 0.1) is 6.61 Å². The molecule has 1 amide bonds. The molecule has 0 aliphatic rings. The summed E-state index contributed by atoms with van der Waals surface area (Å²) in [5.41, 5.74) is 5.82. The van der Waals surface area contributed by atoms with Crippen LogP contribution in [0.15, 0.2) is 29.4 Å². The van der Waals surface area contributed by atoms with Gasteiger partial charge in [0.25, 0.3) is 5.91 Å². The van der Waals surface area contributed by atoms with Crippen LogP contribution >= 0.6 is 0 Å². The summed E-state index contributed by atoms with van der Waals surface area (Å²) in [6, 6.07) is 6.84. The summed E-state index contributed by atoms with van der Waals surface area (Å²) in [4.78, 5) is 11.7. The number of amidine groups is 1. The van der Waals surface area contributed by atoms with Crippen LogP contribution in [0.5, 0.6) is 5.75 Å². The standard InChI is InChI=1S/C12H17N3O3/c1-2-18-10-5-3-9(4-6-10)12(16)14-8-7-11(13)15-17/h3-6,17H,2,7-8H2,1H3,(H2,13,15)(H,14,16). The highest BCUT2D eigenvalue weighted by atomic mass is 16.5. The monoisotopic (exact) mass is 251 g/mol. The molecule has 0 spiro atoms.